The van der Waals surface area contributed by atoms with Crippen molar-refractivity contribution in [3.63, 3.8) is 0 Å². The second-order valence-corrected chi connectivity index (χ2v) is 8.23. The number of rotatable bonds is 5. The number of hydrogen-bond donors (Lipinski definition) is 0. The molecule has 2 aliphatic heterocycles. The van der Waals surface area contributed by atoms with Gasteiger partial charge in [-0.05, 0) is 19.3 Å². The topological polar surface area (TPSA) is 78.9 Å². The highest BCUT2D eigenvalue weighted by Gasteiger charge is 2.34. The fraction of sp³-hybridized carbons (Fsp3) is 0.714. The smallest absolute Gasteiger partial charge is 0.281 e. The molecule has 128 valence electrons. The van der Waals surface area contributed by atoms with Crippen molar-refractivity contribution in [1.82, 2.24) is 18.6 Å². The summed E-state index contributed by atoms with van der Waals surface area (Å²) < 4.78 is 32.8. The number of hydrogen-bond acceptors (Lipinski definition) is 6. The summed E-state index contributed by atoms with van der Waals surface area (Å²) in [5.74, 6) is 1.39. The molecule has 2 fully saturated rings. The van der Waals surface area contributed by atoms with Gasteiger partial charge in [0.05, 0.1) is 6.54 Å². The molecule has 0 N–H and O–H groups in total. The van der Waals surface area contributed by atoms with Gasteiger partial charge in [-0.15, -0.1) is 0 Å². The minimum atomic E-state index is -3.38. The van der Waals surface area contributed by atoms with E-state index in [0.717, 1.165) is 18.9 Å². The average Bonchev–Trinajstić information content (AvgIpc) is 3.19. The van der Waals surface area contributed by atoms with Crippen molar-refractivity contribution in [3.8, 4) is 5.88 Å². The minimum absolute atomic E-state index is 0.175. The van der Waals surface area contributed by atoms with Crippen molar-refractivity contribution in [2.24, 2.45) is 0 Å². The van der Waals surface area contributed by atoms with E-state index in [4.69, 9.17) is 4.74 Å². The molecule has 0 spiro atoms. The van der Waals surface area contributed by atoms with Gasteiger partial charge in [-0.3, -0.25) is 0 Å². The average molecular weight is 341 g/mol. The van der Waals surface area contributed by atoms with E-state index in [0.29, 0.717) is 25.4 Å². The van der Waals surface area contributed by atoms with Gasteiger partial charge >= 0.3 is 0 Å². The Kier molecular flexibility index (Phi) is 4.69. The van der Waals surface area contributed by atoms with E-state index in [2.05, 4.69) is 14.9 Å². The Morgan fingerprint density at radius 1 is 1.22 bits per heavy atom. The van der Waals surface area contributed by atoms with Gasteiger partial charge in [0.2, 0.25) is 5.88 Å². The van der Waals surface area contributed by atoms with Crippen LogP contribution in [0.15, 0.2) is 12.4 Å². The molecule has 0 saturated carbocycles. The molecule has 2 aliphatic rings. The maximum absolute atomic E-state index is 12.1. The fourth-order valence-electron chi connectivity index (χ4n) is 2.92. The predicted octanol–water partition coefficient (Wildman–Crippen LogP) is 0.336. The number of ether oxygens (including phenoxy) is 1. The van der Waals surface area contributed by atoms with Crippen LogP contribution in [-0.4, -0.2) is 73.4 Å². The summed E-state index contributed by atoms with van der Waals surface area (Å²) in [5, 5.41) is 0. The van der Waals surface area contributed by atoms with Gasteiger partial charge in [0.15, 0.2) is 0 Å². The molecule has 3 heterocycles. The van der Waals surface area contributed by atoms with Crippen molar-refractivity contribution < 1.29 is 13.2 Å². The van der Waals surface area contributed by atoms with Crippen LogP contribution >= 0.6 is 0 Å². The zero-order valence-corrected chi connectivity index (χ0v) is 14.4. The molecule has 1 aromatic heterocycles. The van der Waals surface area contributed by atoms with Crippen molar-refractivity contribution >= 4 is 16.0 Å². The Balaban J connectivity index is 1.63. The molecule has 0 unspecified atom stereocenters. The summed E-state index contributed by atoms with van der Waals surface area (Å²) >= 11 is 0. The first kappa shape index (κ1) is 16.4. The molecule has 0 radical (unpaired) electrons. The largest absolute Gasteiger partial charge is 0.473 e. The van der Waals surface area contributed by atoms with Crippen LogP contribution in [0.1, 0.15) is 19.3 Å². The lowest BCUT2D eigenvalue weighted by Gasteiger charge is -2.21. The molecular formula is C14H23N5O3S. The van der Waals surface area contributed by atoms with Gasteiger partial charge in [0.25, 0.3) is 10.2 Å². The first-order valence-corrected chi connectivity index (χ1v) is 9.28. The molecule has 8 nitrogen and oxygen atoms in total. The lowest BCUT2D eigenvalue weighted by atomic mass is 10.3. The van der Waals surface area contributed by atoms with Crippen LogP contribution in [0, 0.1) is 0 Å². The molecule has 1 aromatic rings. The molecule has 0 aliphatic carbocycles. The third kappa shape index (κ3) is 3.56. The zero-order valence-electron chi connectivity index (χ0n) is 13.6. The highest BCUT2D eigenvalue weighted by atomic mass is 32.2. The van der Waals surface area contributed by atoms with Crippen molar-refractivity contribution in [1.29, 1.82) is 0 Å². The van der Waals surface area contributed by atoms with Gasteiger partial charge in [0.1, 0.15) is 18.2 Å². The van der Waals surface area contributed by atoms with E-state index in [1.807, 2.05) is 6.07 Å². The Bertz CT molecular complexity index is 646. The quantitative estimate of drug-likeness (QED) is 0.768. The molecular weight excluding hydrogens is 318 g/mol. The van der Waals surface area contributed by atoms with Crippen LogP contribution in [-0.2, 0) is 10.2 Å². The second kappa shape index (κ2) is 6.58. The first-order chi connectivity index (χ1) is 11.0. The normalized spacial score (nSPS) is 22.9. The van der Waals surface area contributed by atoms with E-state index >= 15 is 0 Å². The first-order valence-electron chi connectivity index (χ1n) is 7.88. The van der Waals surface area contributed by atoms with Gasteiger partial charge in [0, 0.05) is 39.8 Å². The molecule has 0 aromatic carbocycles. The number of anilines is 1. The summed E-state index contributed by atoms with van der Waals surface area (Å²) in [6, 6.07) is 1.84. The van der Waals surface area contributed by atoms with Gasteiger partial charge in [-0.2, -0.15) is 17.0 Å². The van der Waals surface area contributed by atoms with E-state index in [1.54, 1.807) is 0 Å². The van der Waals surface area contributed by atoms with E-state index in [1.165, 1.54) is 41.9 Å². The number of nitrogens with zero attached hydrogens (tertiary/aromatic N) is 5. The third-order valence-corrected chi connectivity index (χ3v) is 6.15. The van der Waals surface area contributed by atoms with Crippen LogP contribution in [0.3, 0.4) is 0 Å². The summed E-state index contributed by atoms with van der Waals surface area (Å²) in [6.07, 6.45) is 4.36. The molecule has 3 rings (SSSR count). The van der Waals surface area contributed by atoms with Gasteiger partial charge in [-0.25, -0.2) is 9.97 Å². The van der Waals surface area contributed by atoms with Crippen LogP contribution in [0.2, 0.25) is 0 Å². The summed E-state index contributed by atoms with van der Waals surface area (Å²) in [5.41, 5.74) is 0. The Morgan fingerprint density at radius 2 is 1.96 bits per heavy atom. The molecule has 9 heteroatoms. The molecule has 0 amide bonds. The maximum atomic E-state index is 12.1. The molecule has 23 heavy (non-hydrogen) atoms. The lowest BCUT2D eigenvalue weighted by Crippen LogP contribution is -2.39. The van der Waals surface area contributed by atoms with Crippen LogP contribution in [0.5, 0.6) is 5.88 Å². The summed E-state index contributed by atoms with van der Waals surface area (Å²) in [7, 11) is -0.301. The Hall–Kier alpha value is -1.45. The van der Waals surface area contributed by atoms with Crippen LogP contribution in [0.4, 0.5) is 5.82 Å². The SMILES string of the molecule is CN(C)S(=O)(=O)N1CC[C@@H](Oc2cc(N3CCCC3)ncn2)C1. The summed E-state index contributed by atoms with van der Waals surface area (Å²) in [4.78, 5) is 10.7. The highest BCUT2D eigenvalue weighted by Crippen LogP contribution is 2.23. The minimum Gasteiger partial charge on any atom is -0.473 e. The van der Waals surface area contributed by atoms with Crippen molar-refractivity contribution in [3.05, 3.63) is 12.4 Å². The summed E-state index contributed by atoms with van der Waals surface area (Å²) in [6.45, 7) is 2.84. The predicted molar refractivity (Wildman–Crippen MR) is 86.7 cm³/mol. The fourth-order valence-corrected chi connectivity index (χ4v) is 4.07. The lowest BCUT2D eigenvalue weighted by molar-refractivity contribution is 0.206. The Labute approximate surface area is 137 Å². The zero-order chi connectivity index (χ0) is 16.4. The van der Waals surface area contributed by atoms with Crippen LogP contribution < -0.4 is 9.64 Å². The highest BCUT2D eigenvalue weighted by molar-refractivity contribution is 7.86. The second-order valence-electron chi connectivity index (χ2n) is 6.09. The number of aromatic nitrogens is 2. The Morgan fingerprint density at radius 3 is 2.65 bits per heavy atom. The molecule has 2 saturated heterocycles. The van der Waals surface area contributed by atoms with Crippen molar-refractivity contribution in [2.45, 2.75) is 25.4 Å². The molecule has 0 bridgehead atoms. The maximum Gasteiger partial charge on any atom is 0.281 e. The van der Waals surface area contributed by atoms with Crippen LogP contribution in [0.25, 0.3) is 0 Å². The molecule has 1 atom stereocenters. The van der Waals surface area contributed by atoms with Gasteiger partial charge < -0.3 is 9.64 Å². The monoisotopic (exact) mass is 341 g/mol. The van der Waals surface area contributed by atoms with E-state index < -0.39 is 10.2 Å². The van der Waals surface area contributed by atoms with E-state index in [-0.39, 0.29) is 6.10 Å². The van der Waals surface area contributed by atoms with E-state index in [9.17, 15) is 8.42 Å². The van der Waals surface area contributed by atoms with Crippen molar-refractivity contribution in [2.75, 3.05) is 45.2 Å². The third-order valence-electron chi connectivity index (χ3n) is 4.24. The standard InChI is InChI=1S/C14H23N5O3S/c1-17(2)23(20,21)19-8-5-12(10-19)22-14-9-13(15-11-16-14)18-6-3-4-7-18/h9,11-12H,3-8,10H2,1-2H3/t12-/m1/s1. The van der Waals surface area contributed by atoms with Gasteiger partial charge in [-0.1, -0.05) is 0 Å².